The summed E-state index contributed by atoms with van der Waals surface area (Å²) in [7, 11) is 0. The SMILES string of the molecule is CC(C)N1CCn2ncc(=O)c(O)c2C1=O. The zero-order valence-corrected chi connectivity index (χ0v) is 9.17. The summed E-state index contributed by atoms with van der Waals surface area (Å²) in [5.74, 6) is -0.852. The Kier molecular flexibility index (Phi) is 2.41. The zero-order chi connectivity index (χ0) is 11.9. The van der Waals surface area contributed by atoms with Gasteiger partial charge in [-0.15, -0.1) is 0 Å². The fourth-order valence-corrected chi connectivity index (χ4v) is 1.79. The standard InChI is InChI=1S/C10H13N3O3/c1-6(2)12-3-4-13-8(10(12)16)9(15)7(14)5-11-13/h5-6,15H,3-4H2,1-2H3. The highest BCUT2D eigenvalue weighted by atomic mass is 16.3. The summed E-state index contributed by atoms with van der Waals surface area (Å²) in [6.45, 7) is 4.81. The van der Waals surface area contributed by atoms with E-state index < -0.39 is 11.2 Å². The maximum Gasteiger partial charge on any atom is 0.276 e. The highest BCUT2D eigenvalue weighted by molar-refractivity contribution is 5.95. The molecule has 1 amide bonds. The molecule has 0 spiro atoms. The fraction of sp³-hybridized carbons (Fsp3) is 0.500. The molecule has 6 nitrogen and oxygen atoms in total. The van der Waals surface area contributed by atoms with Gasteiger partial charge in [-0.05, 0) is 13.8 Å². The Labute approximate surface area is 92.1 Å². The molecule has 1 aromatic heterocycles. The van der Waals surface area contributed by atoms with Crippen molar-refractivity contribution in [2.24, 2.45) is 0 Å². The molecule has 1 aliphatic heterocycles. The maximum atomic E-state index is 12.0. The van der Waals surface area contributed by atoms with Gasteiger partial charge in [0, 0.05) is 12.6 Å². The molecule has 2 heterocycles. The molecule has 0 radical (unpaired) electrons. The summed E-state index contributed by atoms with van der Waals surface area (Å²) < 4.78 is 1.37. The predicted molar refractivity (Wildman–Crippen MR) is 56.3 cm³/mol. The van der Waals surface area contributed by atoms with Gasteiger partial charge in [0.25, 0.3) is 5.91 Å². The van der Waals surface area contributed by atoms with Crippen LogP contribution in [0, 0.1) is 0 Å². The molecule has 0 unspecified atom stereocenters. The van der Waals surface area contributed by atoms with Gasteiger partial charge >= 0.3 is 0 Å². The van der Waals surface area contributed by atoms with Crippen molar-refractivity contribution >= 4 is 5.91 Å². The van der Waals surface area contributed by atoms with Crippen molar-refractivity contribution in [1.82, 2.24) is 14.7 Å². The Morgan fingerprint density at radius 3 is 2.69 bits per heavy atom. The molecule has 1 aromatic rings. The molecular weight excluding hydrogens is 210 g/mol. The first-order valence-corrected chi connectivity index (χ1v) is 5.12. The van der Waals surface area contributed by atoms with Crippen LogP contribution >= 0.6 is 0 Å². The number of carbonyl (C=O) groups is 1. The number of aromatic hydroxyl groups is 1. The van der Waals surface area contributed by atoms with Crippen molar-refractivity contribution in [3.8, 4) is 5.75 Å². The summed E-state index contributed by atoms with van der Waals surface area (Å²) in [5, 5.41) is 13.4. The van der Waals surface area contributed by atoms with Crippen molar-refractivity contribution in [3.63, 3.8) is 0 Å². The molecule has 86 valence electrons. The summed E-state index contributed by atoms with van der Waals surface area (Å²) in [4.78, 5) is 24.8. The molecule has 0 aromatic carbocycles. The van der Waals surface area contributed by atoms with Gasteiger partial charge in [-0.1, -0.05) is 0 Å². The average molecular weight is 223 g/mol. The number of hydrogen-bond acceptors (Lipinski definition) is 4. The van der Waals surface area contributed by atoms with E-state index in [9.17, 15) is 14.7 Å². The van der Waals surface area contributed by atoms with Gasteiger partial charge in [0.1, 0.15) is 0 Å². The van der Waals surface area contributed by atoms with Gasteiger partial charge in [-0.3, -0.25) is 14.3 Å². The summed E-state index contributed by atoms with van der Waals surface area (Å²) >= 11 is 0. The van der Waals surface area contributed by atoms with Crippen molar-refractivity contribution in [3.05, 3.63) is 22.1 Å². The van der Waals surface area contributed by atoms with Crippen LogP contribution in [0.5, 0.6) is 5.75 Å². The lowest BCUT2D eigenvalue weighted by molar-refractivity contribution is 0.0631. The van der Waals surface area contributed by atoms with Crippen molar-refractivity contribution in [1.29, 1.82) is 0 Å². The highest BCUT2D eigenvalue weighted by Gasteiger charge is 2.30. The van der Waals surface area contributed by atoms with Crippen LogP contribution in [0.3, 0.4) is 0 Å². The molecule has 0 saturated carbocycles. The van der Waals surface area contributed by atoms with E-state index in [4.69, 9.17) is 0 Å². The maximum absolute atomic E-state index is 12.0. The summed E-state index contributed by atoms with van der Waals surface area (Å²) in [5.41, 5.74) is -0.627. The predicted octanol–water partition coefficient (Wildman–Crippen LogP) is -0.187. The van der Waals surface area contributed by atoms with Crippen LogP contribution in [0.25, 0.3) is 0 Å². The Hall–Kier alpha value is -1.85. The first kappa shape index (κ1) is 10.7. The lowest BCUT2D eigenvalue weighted by atomic mass is 10.2. The molecule has 6 heteroatoms. The van der Waals surface area contributed by atoms with Crippen LogP contribution < -0.4 is 5.43 Å². The van der Waals surface area contributed by atoms with Crippen LogP contribution in [0.4, 0.5) is 0 Å². The molecule has 2 rings (SSSR count). The minimum Gasteiger partial charge on any atom is -0.502 e. The van der Waals surface area contributed by atoms with Crippen LogP contribution in [0.15, 0.2) is 11.0 Å². The van der Waals surface area contributed by atoms with Gasteiger partial charge in [-0.2, -0.15) is 5.10 Å². The molecular formula is C10H13N3O3. The minimum absolute atomic E-state index is 0.00699. The molecule has 0 saturated heterocycles. The largest absolute Gasteiger partial charge is 0.502 e. The number of carbonyl (C=O) groups excluding carboxylic acids is 1. The molecule has 0 fully saturated rings. The number of fused-ring (bicyclic) bond motifs is 1. The summed E-state index contributed by atoms with van der Waals surface area (Å²) in [6, 6.07) is 0.0379. The second-order valence-electron chi connectivity index (χ2n) is 4.02. The van der Waals surface area contributed by atoms with E-state index >= 15 is 0 Å². The lowest BCUT2D eigenvalue weighted by Crippen LogP contribution is -2.45. The van der Waals surface area contributed by atoms with Gasteiger partial charge in [0.2, 0.25) is 5.43 Å². The van der Waals surface area contributed by atoms with E-state index in [1.165, 1.54) is 4.68 Å². The molecule has 0 aliphatic carbocycles. The third-order valence-electron chi connectivity index (χ3n) is 2.67. The molecule has 0 atom stereocenters. The minimum atomic E-state index is -0.620. The van der Waals surface area contributed by atoms with E-state index in [0.29, 0.717) is 13.1 Å². The van der Waals surface area contributed by atoms with Crippen LogP contribution in [-0.4, -0.2) is 38.3 Å². The van der Waals surface area contributed by atoms with E-state index in [-0.39, 0.29) is 17.6 Å². The highest BCUT2D eigenvalue weighted by Crippen LogP contribution is 2.18. The zero-order valence-electron chi connectivity index (χ0n) is 9.17. The van der Waals surface area contributed by atoms with Gasteiger partial charge in [0.15, 0.2) is 11.4 Å². The third kappa shape index (κ3) is 1.46. The van der Waals surface area contributed by atoms with Gasteiger partial charge in [0.05, 0.1) is 12.7 Å². The van der Waals surface area contributed by atoms with Crippen LogP contribution in [0.2, 0.25) is 0 Å². The molecule has 16 heavy (non-hydrogen) atoms. The smallest absolute Gasteiger partial charge is 0.276 e. The fourth-order valence-electron chi connectivity index (χ4n) is 1.79. The topological polar surface area (TPSA) is 75.4 Å². The Morgan fingerprint density at radius 1 is 1.38 bits per heavy atom. The third-order valence-corrected chi connectivity index (χ3v) is 2.67. The Bertz CT molecular complexity index is 493. The van der Waals surface area contributed by atoms with Crippen LogP contribution in [-0.2, 0) is 6.54 Å². The Balaban J connectivity index is 2.55. The Morgan fingerprint density at radius 2 is 2.06 bits per heavy atom. The van der Waals surface area contributed by atoms with Gasteiger partial charge in [-0.25, -0.2) is 0 Å². The van der Waals surface area contributed by atoms with E-state index in [2.05, 4.69) is 5.10 Å². The van der Waals surface area contributed by atoms with Gasteiger partial charge < -0.3 is 10.0 Å². The lowest BCUT2D eigenvalue weighted by Gasteiger charge is -2.32. The first-order chi connectivity index (χ1) is 7.52. The number of nitrogens with zero attached hydrogens (tertiary/aromatic N) is 3. The monoisotopic (exact) mass is 223 g/mol. The van der Waals surface area contributed by atoms with E-state index in [1.54, 1.807) is 4.90 Å². The normalized spacial score (nSPS) is 15.4. The quantitative estimate of drug-likeness (QED) is 0.716. The number of amides is 1. The van der Waals surface area contributed by atoms with Crippen molar-refractivity contribution < 1.29 is 9.90 Å². The number of aromatic nitrogens is 2. The van der Waals surface area contributed by atoms with E-state index in [0.717, 1.165) is 6.20 Å². The molecule has 1 N–H and O–H groups in total. The average Bonchev–Trinajstić information content (AvgIpc) is 2.23. The molecule has 0 bridgehead atoms. The second kappa shape index (κ2) is 3.62. The molecule has 1 aliphatic rings. The van der Waals surface area contributed by atoms with Crippen LogP contribution in [0.1, 0.15) is 24.3 Å². The van der Waals surface area contributed by atoms with Crippen molar-refractivity contribution in [2.45, 2.75) is 26.4 Å². The summed E-state index contributed by atoms with van der Waals surface area (Å²) in [6.07, 6.45) is 1.02. The number of rotatable bonds is 1. The number of hydrogen-bond donors (Lipinski definition) is 1. The van der Waals surface area contributed by atoms with Crippen molar-refractivity contribution in [2.75, 3.05) is 6.54 Å². The second-order valence-corrected chi connectivity index (χ2v) is 4.02. The van der Waals surface area contributed by atoms with E-state index in [1.807, 2.05) is 13.8 Å². The first-order valence-electron chi connectivity index (χ1n) is 5.12.